The maximum absolute atomic E-state index is 14.1. The summed E-state index contributed by atoms with van der Waals surface area (Å²) in [5, 5.41) is 10.6. The van der Waals surface area contributed by atoms with Gasteiger partial charge in [0.15, 0.2) is 5.16 Å². The van der Waals surface area contributed by atoms with Crippen molar-refractivity contribution < 1.29 is 4.74 Å². The molecule has 0 bridgehead atoms. The van der Waals surface area contributed by atoms with E-state index in [4.69, 9.17) is 4.74 Å². The zero-order valence-electron chi connectivity index (χ0n) is 21.0. The summed E-state index contributed by atoms with van der Waals surface area (Å²) in [6.07, 6.45) is 5.09. The summed E-state index contributed by atoms with van der Waals surface area (Å²) < 4.78 is 9.94. The Labute approximate surface area is 223 Å². The third-order valence-electron chi connectivity index (χ3n) is 6.76. The van der Waals surface area contributed by atoms with Gasteiger partial charge < -0.3 is 4.74 Å². The van der Waals surface area contributed by atoms with Crippen molar-refractivity contribution in [1.82, 2.24) is 19.2 Å². The molecule has 0 amide bonds. The molecule has 0 saturated carbocycles. The van der Waals surface area contributed by atoms with E-state index in [0.717, 1.165) is 54.8 Å². The Morgan fingerprint density at radius 2 is 2.00 bits per heavy atom. The van der Waals surface area contributed by atoms with Gasteiger partial charge in [-0.05, 0) is 41.7 Å². The number of benzene rings is 2. The van der Waals surface area contributed by atoms with E-state index in [1.807, 2.05) is 49.4 Å². The molecule has 6 rings (SSSR count). The minimum Gasteiger partial charge on any atom is -0.372 e. The first-order chi connectivity index (χ1) is 18.0. The van der Waals surface area contributed by atoms with E-state index in [-0.39, 0.29) is 11.7 Å². The van der Waals surface area contributed by atoms with Gasteiger partial charge >= 0.3 is 0 Å². The van der Waals surface area contributed by atoms with Gasteiger partial charge in [0.25, 0.3) is 5.56 Å². The first-order valence-electron chi connectivity index (χ1n) is 12.5. The van der Waals surface area contributed by atoms with Crippen LogP contribution >= 0.6 is 23.1 Å². The van der Waals surface area contributed by atoms with E-state index >= 15 is 0 Å². The SMILES string of the molecule is Cc1cccc(-n2c(=O)c3c4c(sc3n3c(SC/C=C/c5ccccc5)nnc23)CO[C@H](C(C)C)C4)c1. The summed E-state index contributed by atoms with van der Waals surface area (Å²) >= 11 is 3.25. The van der Waals surface area contributed by atoms with Gasteiger partial charge in [-0.15, -0.1) is 21.5 Å². The molecule has 0 saturated heterocycles. The number of hydrogen-bond acceptors (Lipinski definition) is 6. The lowest BCUT2D eigenvalue weighted by Crippen LogP contribution is -2.28. The van der Waals surface area contributed by atoms with Crippen molar-refractivity contribution in [2.45, 2.75) is 45.1 Å². The largest absolute Gasteiger partial charge is 0.372 e. The molecular weight excluding hydrogens is 500 g/mol. The van der Waals surface area contributed by atoms with Crippen LogP contribution in [0.4, 0.5) is 0 Å². The van der Waals surface area contributed by atoms with E-state index in [9.17, 15) is 4.79 Å². The number of ether oxygens (including phenoxy) is 1. The zero-order chi connectivity index (χ0) is 25.5. The fourth-order valence-corrected chi connectivity index (χ4v) is 6.87. The van der Waals surface area contributed by atoms with Crippen molar-refractivity contribution in [3.63, 3.8) is 0 Å². The van der Waals surface area contributed by atoms with Crippen molar-refractivity contribution in [1.29, 1.82) is 0 Å². The molecule has 5 aromatic rings. The third-order valence-corrected chi connectivity index (χ3v) is 8.84. The summed E-state index contributed by atoms with van der Waals surface area (Å²) in [5.74, 6) is 1.66. The molecule has 2 aromatic carbocycles. The Morgan fingerprint density at radius 1 is 1.16 bits per heavy atom. The number of fused-ring (bicyclic) bond motifs is 5. The monoisotopic (exact) mass is 528 g/mol. The molecular formula is C29H28N4O2S2. The predicted molar refractivity (Wildman–Crippen MR) is 152 cm³/mol. The number of nitrogens with zero attached hydrogens (tertiary/aromatic N) is 4. The summed E-state index contributed by atoms with van der Waals surface area (Å²) in [5.41, 5.74) is 4.13. The number of thioether (sulfide) groups is 1. The highest BCUT2D eigenvalue weighted by Gasteiger charge is 2.30. The Kier molecular flexibility index (Phi) is 6.48. The minimum absolute atomic E-state index is 0.0390. The summed E-state index contributed by atoms with van der Waals surface area (Å²) in [6.45, 7) is 6.91. The predicted octanol–water partition coefficient (Wildman–Crippen LogP) is 6.31. The van der Waals surface area contributed by atoms with Crippen molar-refractivity contribution >= 4 is 45.2 Å². The van der Waals surface area contributed by atoms with Gasteiger partial charge in [0.1, 0.15) is 4.83 Å². The molecule has 0 spiro atoms. The van der Waals surface area contributed by atoms with Gasteiger partial charge in [0.05, 0.1) is 23.8 Å². The van der Waals surface area contributed by atoms with Crippen LogP contribution in [0, 0.1) is 12.8 Å². The van der Waals surface area contributed by atoms with Crippen LogP contribution in [0.2, 0.25) is 0 Å². The van der Waals surface area contributed by atoms with Gasteiger partial charge in [0.2, 0.25) is 5.78 Å². The van der Waals surface area contributed by atoms with Crippen LogP contribution in [0.25, 0.3) is 27.8 Å². The van der Waals surface area contributed by atoms with Gasteiger partial charge in [0, 0.05) is 17.1 Å². The Morgan fingerprint density at radius 3 is 2.78 bits per heavy atom. The molecule has 0 unspecified atom stereocenters. The molecule has 8 heteroatoms. The summed E-state index contributed by atoms with van der Waals surface area (Å²) in [4.78, 5) is 16.1. The van der Waals surface area contributed by atoms with Crippen LogP contribution in [-0.4, -0.2) is 31.0 Å². The molecule has 37 heavy (non-hydrogen) atoms. The highest BCUT2D eigenvalue weighted by atomic mass is 32.2. The van der Waals surface area contributed by atoms with Gasteiger partial charge in [-0.1, -0.05) is 80.2 Å². The number of thiophene rings is 1. The van der Waals surface area contributed by atoms with Crippen LogP contribution in [-0.2, 0) is 17.8 Å². The molecule has 188 valence electrons. The number of hydrogen-bond donors (Lipinski definition) is 0. The van der Waals surface area contributed by atoms with Gasteiger partial charge in [-0.3, -0.25) is 4.79 Å². The molecule has 1 aliphatic heterocycles. The highest BCUT2D eigenvalue weighted by molar-refractivity contribution is 7.99. The van der Waals surface area contributed by atoms with Crippen LogP contribution in [0.3, 0.4) is 0 Å². The summed E-state index contributed by atoms with van der Waals surface area (Å²) in [6, 6.07) is 18.2. The molecule has 0 aliphatic carbocycles. The topological polar surface area (TPSA) is 61.4 Å². The molecule has 6 nitrogen and oxygen atoms in total. The summed E-state index contributed by atoms with van der Waals surface area (Å²) in [7, 11) is 0. The normalized spacial score (nSPS) is 15.8. The van der Waals surface area contributed by atoms with E-state index in [0.29, 0.717) is 18.3 Å². The molecule has 0 radical (unpaired) electrons. The molecule has 1 atom stereocenters. The average Bonchev–Trinajstić information content (AvgIpc) is 3.48. The van der Waals surface area contributed by atoms with Gasteiger partial charge in [-0.2, -0.15) is 0 Å². The van der Waals surface area contributed by atoms with Crippen LogP contribution in [0.15, 0.2) is 70.6 Å². The fraction of sp³-hybridized carbons (Fsp3) is 0.276. The zero-order valence-corrected chi connectivity index (χ0v) is 22.7. The molecule has 3 aromatic heterocycles. The van der Waals surface area contributed by atoms with Gasteiger partial charge in [-0.25, -0.2) is 8.97 Å². The first-order valence-corrected chi connectivity index (χ1v) is 14.3. The van der Waals surface area contributed by atoms with Crippen LogP contribution in [0.1, 0.15) is 35.4 Å². The standard InChI is InChI=1S/C29H28N4O2S2/c1-18(2)23-16-22-24(17-35-23)37-27-25(22)26(34)32(21-13-7-9-19(3)15-21)28-30-31-29(33(27)28)36-14-8-12-20-10-5-4-6-11-20/h4-13,15,18,23H,14,16-17H2,1-3H3/b12-8+/t23-/m0/s1. The lowest BCUT2D eigenvalue weighted by molar-refractivity contribution is 0.00200. The Hall–Kier alpha value is -3.20. The fourth-order valence-electron chi connectivity index (χ4n) is 4.83. The van der Waals surface area contributed by atoms with E-state index in [2.05, 4.69) is 52.7 Å². The van der Waals surface area contributed by atoms with E-state index in [1.54, 1.807) is 27.7 Å². The molecule has 0 N–H and O–H groups in total. The highest BCUT2D eigenvalue weighted by Crippen LogP contribution is 2.37. The Bertz CT molecular complexity index is 1680. The first kappa shape index (κ1) is 24.2. The second-order valence-corrected chi connectivity index (χ2v) is 11.8. The van der Waals surface area contributed by atoms with E-state index < -0.39 is 0 Å². The maximum Gasteiger partial charge on any atom is 0.268 e. The molecule has 4 heterocycles. The minimum atomic E-state index is -0.0390. The maximum atomic E-state index is 14.1. The Balaban J connectivity index is 1.51. The van der Waals surface area contributed by atoms with Crippen molar-refractivity contribution in [2.24, 2.45) is 5.92 Å². The number of aryl methyl sites for hydroxylation is 1. The average molecular weight is 529 g/mol. The lowest BCUT2D eigenvalue weighted by atomic mass is 9.96. The van der Waals surface area contributed by atoms with E-state index in [1.165, 1.54) is 0 Å². The second kappa shape index (κ2) is 9.93. The lowest BCUT2D eigenvalue weighted by Gasteiger charge is -2.26. The van der Waals surface area contributed by atoms with Crippen molar-refractivity contribution in [2.75, 3.05) is 5.75 Å². The number of rotatable bonds is 6. The molecule has 0 fully saturated rings. The second-order valence-electron chi connectivity index (χ2n) is 9.70. The van der Waals surface area contributed by atoms with Crippen molar-refractivity contribution in [3.05, 3.63) is 92.6 Å². The quantitative estimate of drug-likeness (QED) is 0.242. The van der Waals surface area contributed by atoms with Crippen LogP contribution < -0.4 is 5.56 Å². The third kappa shape index (κ3) is 4.43. The van der Waals surface area contributed by atoms with Crippen molar-refractivity contribution in [3.8, 4) is 5.69 Å². The smallest absolute Gasteiger partial charge is 0.268 e. The van der Waals surface area contributed by atoms with Crippen LogP contribution in [0.5, 0.6) is 0 Å². The number of aromatic nitrogens is 4. The molecule has 1 aliphatic rings.